The standard InChI is InChI=1S/C15H30N2S/c1-12(2)8-9-17(13-6-4-5-7-13)14-10-16-11-15(14)18-3/h12-16H,4-11H2,1-3H3. The van der Waals surface area contributed by atoms with Gasteiger partial charge in [0.05, 0.1) is 0 Å². The highest BCUT2D eigenvalue weighted by Gasteiger charge is 2.35. The third-order valence-corrected chi connectivity index (χ3v) is 5.70. The van der Waals surface area contributed by atoms with E-state index in [1.807, 2.05) is 0 Å². The van der Waals surface area contributed by atoms with Crippen LogP contribution in [0.1, 0.15) is 46.0 Å². The van der Waals surface area contributed by atoms with Gasteiger partial charge in [-0.25, -0.2) is 0 Å². The van der Waals surface area contributed by atoms with Crippen LogP contribution in [0.5, 0.6) is 0 Å². The molecular formula is C15H30N2S. The lowest BCUT2D eigenvalue weighted by atomic mass is 10.1. The molecule has 1 saturated heterocycles. The van der Waals surface area contributed by atoms with Gasteiger partial charge in [0.1, 0.15) is 0 Å². The summed E-state index contributed by atoms with van der Waals surface area (Å²) in [6.45, 7) is 8.43. The molecule has 2 atom stereocenters. The Morgan fingerprint density at radius 3 is 2.56 bits per heavy atom. The van der Waals surface area contributed by atoms with Gasteiger partial charge in [-0.05, 0) is 38.0 Å². The largest absolute Gasteiger partial charge is 0.314 e. The van der Waals surface area contributed by atoms with E-state index in [1.54, 1.807) is 0 Å². The van der Waals surface area contributed by atoms with Gasteiger partial charge in [0.15, 0.2) is 0 Å². The molecule has 2 rings (SSSR count). The minimum Gasteiger partial charge on any atom is -0.314 e. The van der Waals surface area contributed by atoms with E-state index in [-0.39, 0.29) is 0 Å². The SMILES string of the molecule is CSC1CNCC1N(CCC(C)C)C1CCCC1. The van der Waals surface area contributed by atoms with Crippen molar-refractivity contribution in [2.75, 3.05) is 25.9 Å². The molecular weight excluding hydrogens is 240 g/mol. The van der Waals surface area contributed by atoms with Crippen LogP contribution in [0.25, 0.3) is 0 Å². The van der Waals surface area contributed by atoms with Crippen molar-refractivity contribution in [3.05, 3.63) is 0 Å². The second-order valence-electron chi connectivity index (χ2n) is 6.36. The van der Waals surface area contributed by atoms with Gasteiger partial charge in [0.25, 0.3) is 0 Å². The summed E-state index contributed by atoms with van der Waals surface area (Å²) in [6, 6.07) is 1.66. The van der Waals surface area contributed by atoms with Crippen LogP contribution in [0.2, 0.25) is 0 Å². The molecule has 0 spiro atoms. The maximum absolute atomic E-state index is 3.60. The Balaban J connectivity index is 1.98. The minimum atomic E-state index is 0.779. The van der Waals surface area contributed by atoms with Crippen molar-refractivity contribution in [3.8, 4) is 0 Å². The number of rotatable bonds is 6. The summed E-state index contributed by atoms with van der Waals surface area (Å²) < 4.78 is 0. The summed E-state index contributed by atoms with van der Waals surface area (Å²) >= 11 is 2.06. The number of hydrogen-bond acceptors (Lipinski definition) is 3. The average molecular weight is 270 g/mol. The maximum Gasteiger partial charge on any atom is 0.0354 e. The van der Waals surface area contributed by atoms with Crippen molar-refractivity contribution in [2.45, 2.75) is 63.3 Å². The first-order chi connectivity index (χ1) is 8.72. The molecule has 1 N–H and O–H groups in total. The molecule has 2 unspecified atom stereocenters. The Labute approximate surface area is 117 Å². The fourth-order valence-corrected chi connectivity index (χ4v) is 4.33. The van der Waals surface area contributed by atoms with Crippen molar-refractivity contribution in [3.63, 3.8) is 0 Å². The van der Waals surface area contributed by atoms with E-state index in [2.05, 4.69) is 42.1 Å². The molecule has 0 bridgehead atoms. The van der Waals surface area contributed by atoms with Gasteiger partial charge < -0.3 is 5.32 Å². The van der Waals surface area contributed by atoms with Crippen molar-refractivity contribution in [1.82, 2.24) is 10.2 Å². The summed E-state index contributed by atoms with van der Waals surface area (Å²) in [5, 5.41) is 4.41. The first kappa shape index (κ1) is 14.7. The topological polar surface area (TPSA) is 15.3 Å². The lowest BCUT2D eigenvalue weighted by Gasteiger charge is -2.37. The quantitative estimate of drug-likeness (QED) is 0.799. The summed E-state index contributed by atoms with van der Waals surface area (Å²) in [7, 11) is 0. The Hall–Kier alpha value is 0.270. The van der Waals surface area contributed by atoms with E-state index in [1.165, 1.54) is 51.7 Å². The summed E-state index contributed by atoms with van der Waals surface area (Å²) in [4.78, 5) is 2.87. The normalized spacial score (nSPS) is 29.8. The molecule has 1 heterocycles. The molecule has 2 nitrogen and oxygen atoms in total. The number of nitrogens with zero attached hydrogens (tertiary/aromatic N) is 1. The zero-order valence-electron chi connectivity index (χ0n) is 12.3. The summed E-state index contributed by atoms with van der Waals surface area (Å²) in [6.07, 6.45) is 9.42. The van der Waals surface area contributed by atoms with Crippen LogP contribution in [0.3, 0.4) is 0 Å². The van der Waals surface area contributed by atoms with Gasteiger partial charge in [-0.3, -0.25) is 4.90 Å². The van der Waals surface area contributed by atoms with Gasteiger partial charge in [0.2, 0.25) is 0 Å². The smallest absolute Gasteiger partial charge is 0.0354 e. The third kappa shape index (κ3) is 3.64. The van der Waals surface area contributed by atoms with Crippen LogP contribution >= 0.6 is 11.8 Å². The monoisotopic (exact) mass is 270 g/mol. The Morgan fingerprint density at radius 2 is 1.94 bits per heavy atom. The highest BCUT2D eigenvalue weighted by Crippen LogP contribution is 2.30. The van der Waals surface area contributed by atoms with Crippen molar-refractivity contribution in [1.29, 1.82) is 0 Å². The lowest BCUT2D eigenvalue weighted by molar-refractivity contribution is 0.139. The van der Waals surface area contributed by atoms with Gasteiger partial charge in [-0.2, -0.15) is 11.8 Å². The number of hydrogen-bond donors (Lipinski definition) is 1. The van der Waals surface area contributed by atoms with Gasteiger partial charge in [-0.1, -0.05) is 26.7 Å². The lowest BCUT2D eigenvalue weighted by Crippen LogP contribution is -2.48. The molecule has 0 aromatic rings. The Morgan fingerprint density at radius 1 is 1.22 bits per heavy atom. The minimum absolute atomic E-state index is 0.779. The molecule has 2 fully saturated rings. The Kier molecular flexibility index (Phi) is 5.84. The highest BCUT2D eigenvalue weighted by atomic mass is 32.2. The molecule has 1 aliphatic heterocycles. The van der Waals surface area contributed by atoms with Crippen LogP contribution < -0.4 is 5.32 Å². The predicted octanol–water partition coefficient (Wildman–Crippen LogP) is 2.98. The molecule has 2 aliphatic rings. The molecule has 3 heteroatoms. The van der Waals surface area contributed by atoms with Crippen molar-refractivity contribution in [2.24, 2.45) is 5.92 Å². The molecule has 0 amide bonds. The second-order valence-corrected chi connectivity index (χ2v) is 7.44. The second kappa shape index (κ2) is 7.16. The fraction of sp³-hybridized carbons (Fsp3) is 1.00. The molecule has 18 heavy (non-hydrogen) atoms. The average Bonchev–Trinajstić information content (AvgIpc) is 2.99. The van der Waals surface area contributed by atoms with E-state index in [0.717, 1.165) is 23.3 Å². The van der Waals surface area contributed by atoms with Crippen LogP contribution in [0.15, 0.2) is 0 Å². The first-order valence-corrected chi connectivity index (χ1v) is 9.00. The maximum atomic E-state index is 3.60. The van der Waals surface area contributed by atoms with Crippen molar-refractivity contribution >= 4 is 11.8 Å². The van der Waals surface area contributed by atoms with Crippen LogP contribution in [0, 0.1) is 5.92 Å². The Bertz CT molecular complexity index is 239. The zero-order valence-corrected chi connectivity index (χ0v) is 13.1. The van der Waals surface area contributed by atoms with E-state index < -0.39 is 0 Å². The van der Waals surface area contributed by atoms with E-state index >= 15 is 0 Å². The molecule has 1 aliphatic carbocycles. The number of thioether (sulfide) groups is 1. The van der Waals surface area contributed by atoms with E-state index in [4.69, 9.17) is 0 Å². The molecule has 106 valence electrons. The zero-order chi connectivity index (χ0) is 13.0. The predicted molar refractivity (Wildman–Crippen MR) is 82.4 cm³/mol. The fourth-order valence-electron chi connectivity index (χ4n) is 3.47. The van der Waals surface area contributed by atoms with Gasteiger partial charge in [0, 0.05) is 30.4 Å². The summed E-state index contributed by atoms with van der Waals surface area (Å²) in [5.41, 5.74) is 0. The summed E-state index contributed by atoms with van der Waals surface area (Å²) in [5.74, 6) is 0.830. The number of nitrogens with one attached hydrogen (secondary N) is 1. The highest BCUT2D eigenvalue weighted by molar-refractivity contribution is 7.99. The molecule has 1 saturated carbocycles. The van der Waals surface area contributed by atoms with Gasteiger partial charge in [-0.15, -0.1) is 0 Å². The van der Waals surface area contributed by atoms with Crippen molar-refractivity contribution < 1.29 is 0 Å². The van der Waals surface area contributed by atoms with Crippen LogP contribution in [0.4, 0.5) is 0 Å². The molecule has 0 aromatic heterocycles. The first-order valence-electron chi connectivity index (χ1n) is 7.71. The van der Waals surface area contributed by atoms with E-state index in [9.17, 15) is 0 Å². The van der Waals surface area contributed by atoms with Crippen LogP contribution in [-0.2, 0) is 0 Å². The van der Waals surface area contributed by atoms with Gasteiger partial charge >= 0.3 is 0 Å². The third-order valence-electron chi connectivity index (χ3n) is 4.62. The molecule has 0 radical (unpaired) electrons. The van der Waals surface area contributed by atoms with Crippen LogP contribution in [-0.4, -0.2) is 48.1 Å². The van der Waals surface area contributed by atoms with E-state index in [0.29, 0.717) is 0 Å². The molecule has 0 aromatic carbocycles.